The molecule has 6 N–H and O–H groups in total. The van der Waals surface area contributed by atoms with E-state index in [1.54, 1.807) is 18.2 Å². The van der Waals surface area contributed by atoms with E-state index < -0.39 is 52.7 Å². The van der Waals surface area contributed by atoms with E-state index in [9.17, 15) is 33.3 Å². The number of rotatable bonds is 7. The third-order valence-corrected chi connectivity index (χ3v) is 6.23. The molecule has 13 heteroatoms. The molecular weight excluding hydrogens is 436 g/mol. The van der Waals surface area contributed by atoms with E-state index >= 15 is 0 Å². The number of aliphatic hydroxyl groups is 3. The van der Waals surface area contributed by atoms with Gasteiger partial charge >= 0.3 is 11.9 Å². The smallest absolute Gasteiger partial charge is 0.335 e. The Balaban J connectivity index is 1.75. The Morgan fingerprint density at radius 3 is 2.55 bits per heavy atom. The molecule has 5 atom stereocenters. The van der Waals surface area contributed by atoms with Gasteiger partial charge in [-0.05, 0) is 30.3 Å². The molecule has 3 rings (SSSR count). The molecule has 1 saturated heterocycles. The second-order valence-corrected chi connectivity index (χ2v) is 8.99. The first-order chi connectivity index (χ1) is 14.5. The van der Waals surface area contributed by atoms with Crippen LogP contribution in [0.4, 0.5) is 0 Å². The predicted molar refractivity (Wildman–Crippen MR) is 104 cm³/mol. The van der Waals surface area contributed by atoms with E-state index in [2.05, 4.69) is 9.71 Å². The first-order valence-electron chi connectivity index (χ1n) is 9.14. The standard InChI is InChI=1S/C18H22N2O10S/c1-19-31(27,28)7-8-2-3-11-10(4-8)9(6-20-11)5-12(21)29-18-15(24)13(22)14(23)16(30-18)17(25)26/h2-4,6,13-16,18-20,22-24H,5,7H2,1H3,(H,25,26)/t13-,14-,15+,16-,18+/m0/s1. The minimum Gasteiger partial charge on any atom is -0.479 e. The van der Waals surface area contributed by atoms with Crippen molar-refractivity contribution in [1.82, 2.24) is 9.71 Å². The number of benzene rings is 1. The van der Waals surface area contributed by atoms with Crippen LogP contribution < -0.4 is 4.72 Å². The lowest BCUT2D eigenvalue weighted by atomic mass is 9.99. The van der Waals surface area contributed by atoms with Crippen LogP contribution >= 0.6 is 0 Å². The van der Waals surface area contributed by atoms with Gasteiger partial charge in [-0.15, -0.1) is 0 Å². The molecule has 2 heterocycles. The molecule has 0 aliphatic carbocycles. The molecule has 0 spiro atoms. The number of nitrogens with one attached hydrogen (secondary N) is 2. The van der Waals surface area contributed by atoms with Crippen LogP contribution in [0.3, 0.4) is 0 Å². The van der Waals surface area contributed by atoms with E-state index in [0.717, 1.165) is 0 Å². The Bertz CT molecular complexity index is 1080. The normalized spacial score (nSPS) is 26.6. The summed E-state index contributed by atoms with van der Waals surface area (Å²) in [7, 11) is -2.19. The molecule has 31 heavy (non-hydrogen) atoms. The number of aliphatic carboxylic acids is 1. The lowest BCUT2D eigenvalue weighted by molar-refractivity contribution is -0.286. The van der Waals surface area contributed by atoms with Gasteiger partial charge in [-0.2, -0.15) is 0 Å². The van der Waals surface area contributed by atoms with Crippen molar-refractivity contribution in [3.05, 3.63) is 35.5 Å². The van der Waals surface area contributed by atoms with Gasteiger partial charge in [0, 0.05) is 17.1 Å². The first kappa shape index (κ1) is 23.1. The van der Waals surface area contributed by atoms with Crippen LogP contribution in [0.1, 0.15) is 11.1 Å². The molecule has 2 aromatic rings. The molecule has 1 fully saturated rings. The summed E-state index contributed by atoms with van der Waals surface area (Å²) < 4.78 is 35.7. The van der Waals surface area contributed by atoms with Crippen molar-refractivity contribution in [3.8, 4) is 0 Å². The van der Waals surface area contributed by atoms with Crippen LogP contribution in [-0.2, 0) is 41.3 Å². The largest absolute Gasteiger partial charge is 0.479 e. The zero-order chi connectivity index (χ0) is 22.9. The fraction of sp³-hybridized carbons (Fsp3) is 0.444. The van der Waals surface area contributed by atoms with Gasteiger partial charge in [0.15, 0.2) is 6.10 Å². The van der Waals surface area contributed by atoms with E-state index in [0.29, 0.717) is 22.0 Å². The number of aromatic amines is 1. The highest BCUT2D eigenvalue weighted by molar-refractivity contribution is 7.88. The monoisotopic (exact) mass is 458 g/mol. The summed E-state index contributed by atoms with van der Waals surface area (Å²) in [6.07, 6.45) is -8.12. The number of carbonyl (C=O) groups excluding carboxylic acids is 1. The summed E-state index contributed by atoms with van der Waals surface area (Å²) in [5.41, 5.74) is 1.60. The van der Waals surface area contributed by atoms with Crippen molar-refractivity contribution < 1.29 is 47.9 Å². The van der Waals surface area contributed by atoms with Gasteiger partial charge in [0.1, 0.15) is 18.3 Å². The fourth-order valence-electron chi connectivity index (χ4n) is 3.23. The molecule has 1 aromatic heterocycles. The van der Waals surface area contributed by atoms with Crippen LogP contribution in [0.15, 0.2) is 24.4 Å². The van der Waals surface area contributed by atoms with Gasteiger partial charge in [0.25, 0.3) is 0 Å². The van der Waals surface area contributed by atoms with Gasteiger partial charge < -0.3 is 34.9 Å². The van der Waals surface area contributed by atoms with Gasteiger partial charge in [-0.3, -0.25) is 4.79 Å². The second kappa shape index (κ2) is 8.90. The highest BCUT2D eigenvalue weighted by Crippen LogP contribution is 2.25. The number of aromatic nitrogens is 1. The van der Waals surface area contributed by atoms with Crippen LogP contribution in [0, 0.1) is 0 Å². The van der Waals surface area contributed by atoms with Crippen molar-refractivity contribution in [1.29, 1.82) is 0 Å². The molecule has 12 nitrogen and oxygen atoms in total. The predicted octanol–water partition coefficient (Wildman–Crippen LogP) is -1.80. The Morgan fingerprint density at radius 2 is 1.90 bits per heavy atom. The van der Waals surface area contributed by atoms with Crippen molar-refractivity contribution in [2.24, 2.45) is 0 Å². The van der Waals surface area contributed by atoms with Crippen LogP contribution in [0.25, 0.3) is 10.9 Å². The third-order valence-electron chi connectivity index (χ3n) is 4.89. The Kier molecular flexibility index (Phi) is 6.64. The van der Waals surface area contributed by atoms with E-state index in [-0.39, 0.29) is 12.2 Å². The molecule has 0 unspecified atom stereocenters. The molecule has 0 saturated carbocycles. The highest BCUT2D eigenvalue weighted by atomic mass is 32.2. The van der Waals surface area contributed by atoms with Crippen LogP contribution in [-0.4, -0.2) is 83.5 Å². The van der Waals surface area contributed by atoms with Gasteiger partial charge in [-0.1, -0.05) is 6.07 Å². The lowest BCUT2D eigenvalue weighted by Gasteiger charge is -2.37. The van der Waals surface area contributed by atoms with Crippen molar-refractivity contribution in [2.75, 3.05) is 7.05 Å². The fourth-order valence-corrected chi connectivity index (χ4v) is 3.99. The molecule has 1 aliphatic heterocycles. The molecule has 0 radical (unpaired) electrons. The minimum atomic E-state index is -3.50. The zero-order valence-electron chi connectivity index (χ0n) is 16.3. The number of carboxylic acids is 1. The number of aliphatic hydroxyl groups excluding tert-OH is 3. The maximum absolute atomic E-state index is 12.4. The summed E-state index contributed by atoms with van der Waals surface area (Å²) >= 11 is 0. The summed E-state index contributed by atoms with van der Waals surface area (Å²) in [4.78, 5) is 26.4. The Morgan fingerprint density at radius 1 is 1.19 bits per heavy atom. The maximum atomic E-state index is 12.4. The van der Waals surface area contributed by atoms with Crippen molar-refractivity contribution in [2.45, 2.75) is 42.9 Å². The first-order valence-corrected chi connectivity index (χ1v) is 10.8. The molecular formula is C18H22N2O10S. The average molecular weight is 458 g/mol. The van der Waals surface area contributed by atoms with Crippen LogP contribution in [0.5, 0.6) is 0 Å². The van der Waals surface area contributed by atoms with Crippen molar-refractivity contribution >= 4 is 32.9 Å². The quantitative estimate of drug-likeness (QED) is 0.257. The van der Waals surface area contributed by atoms with E-state index in [4.69, 9.17) is 14.6 Å². The summed E-state index contributed by atoms with van der Waals surface area (Å²) in [6, 6.07) is 4.89. The average Bonchev–Trinajstić information content (AvgIpc) is 3.09. The number of carboxylic acid groups (broad SMARTS) is 1. The number of esters is 1. The SMILES string of the molecule is CNS(=O)(=O)Cc1ccc2[nH]cc(CC(=O)O[C@@H]3O[C@H](C(=O)O)[C@@H](O)[C@H](O)[C@H]3O)c2c1. The number of ether oxygens (including phenoxy) is 2. The van der Waals surface area contributed by atoms with Gasteiger partial charge in [0.2, 0.25) is 16.3 Å². The number of sulfonamides is 1. The number of fused-ring (bicyclic) bond motifs is 1. The Labute approximate surface area is 176 Å². The highest BCUT2D eigenvalue weighted by Gasteiger charge is 2.48. The molecule has 1 aliphatic rings. The van der Waals surface area contributed by atoms with E-state index in [1.807, 2.05) is 0 Å². The minimum absolute atomic E-state index is 0.257. The molecule has 0 bridgehead atoms. The van der Waals surface area contributed by atoms with Crippen LogP contribution in [0.2, 0.25) is 0 Å². The summed E-state index contributed by atoms with van der Waals surface area (Å²) in [5, 5.41) is 39.0. The maximum Gasteiger partial charge on any atom is 0.335 e. The number of hydrogen-bond acceptors (Lipinski definition) is 9. The van der Waals surface area contributed by atoms with Gasteiger partial charge in [0.05, 0.1) is 12.2 Å². The Hall–Kier alpha value is -2.55. The third kappa shape index (κ3) is 5.03. The molecule has 1 aromatic carbocycles. The number of carbonyl (C=O) groups is 2. The molecule has 0 amide bonds. The second-order valence-electron chi connectivity index (χ2n) is 7.06. The number of H-pyrrole nitrogens is 1. The van der Waals surface area contributed by atoms with E-state index in [1.165, 1.54) is 13.2 Å². The van der Waals surface area contributed by atoms with Gasteiger partial charge in [-0.25, -0.2) is 17.9 Å². The van der Waals surface area contributed by atoms with Crippen molar-refractivity contribution in [3.63, 3.8) is 0 Å². The topological polar surface area (TPSA) is 195 Å². The molecule has 170 valence electrons. The zero-order valence-corrected chi connectivity index (χ0v) is 17.1. The number of hydrogen-bond donors (Lipinski definition) is 6. The summed E-state index contributed by atoms with van der Waals surface area (Å²) in [5.74, 6) is -2.75. The lowest BCUT2D eigenvalue weighted by Crippen LogP contribution is -2.60. The summed E-state index contributed by atoms with van der Waals surface area (Å²) in [6.45, 7) is 0.